The molecule has 0 unspecified atom stereocenters. The van der Waals surface area contributed by atoms with Crippen molar-refractivity contribution >= 4 is 96.9 Å². The molecule has 0 radical (unpaired) electrons. The average Bonchev–Trinajstić information content (AvgIpc) is 3.90. The molecule has 0 N–H and O–H groups in total. The third kappa shape index (κ3) is 4.17. The van der Waals surface area contributed by atoms with Crippen molar-refractivity contribution in [2.24, 2.45) is 0 Å². The van der Waals surface area contributed by atoms with Crippen LogP contribution in [0.2, 0.25) is 0 Å². The second-order valence-electron chi connectivity index (χ2n) is 13.7. The second kappa shape index (κ2) is 10.8. The normalized spacial score (nSPS) is 12.2. The van der Waals surface area contributed by atoms with Gasteiger partial charge in [-0.2, -0.15) is 0 Å². The molecular weight excluding hydrogens is 667 g/mol. The Kier molecular flexibility index (Phi) is 5.90. The summed E-state index contributed by atoms with van der Waals surface area (Å²) in [5, 5.41) is 10.4. The van der Waals surface area contributed by atoms with Crippen LogP contribution in [0.25, 0.3) is 114 Å². The van der Waals surface area contributed by atoms with Gasteiger partial charge in [-0.3, -0.25) is 4.57 Å². The Morgan fingerprint density at radius 3 is 2.09 bits per heavy atom. The highest BCUT2D eigenvalue weighted by Gasteiger charge is 2.23. The molecule has 0 saturated heterocycles. The molecule has 0 bridgehead atoms. The number of aromatic nitrogens is 3. The van der Waals surface area contributed by atoms with Crippen LogP contribution in [0.15, 0.2) is 168 Å². The maximum Gasteiger partial charge on any atom is 0.235 e. The molecule has 0 amide bonds. The van der Waals surface area contributed by atoms with Crippen molar-refractivity contribution in [1.29, 1.82) is 0 Å². The molecule has 8 aromatic carbocycles. The molecule has 0 atom stereocenters. The number of rotatable bonds is 3. The van der Waals surface area contributed by atoms with E-state index in [0.29, 0.717) is 5.95 Å². The molecule has 4 aromatic heterocycles. The number of thiophene rings is 1. The van der Waals surface area contributed by atoms with Crippen molar-refractivity contribution in [1.82, 2.24) is 14.5 Å². The van der Waals surface area contributed by atoms with Gasteiger partial charge in [0.25, 0.3) is 0 Å². The van der Waals surface area contributed by atoms with Crippen LogP contribution in [-0.4, -0.2) is 14.5 Å². The van der Waals surface area contributed by atoms with E-state index in [4.69, 9.17) is 14.4 Å². The van der Waals surface area contributed by atoms with E-state index >= 15 is 0 Å². The van der Waals surface area contributed by atoms with E-state index in [1.165, 1.54) is 31.8 Å². The number of nitrogens with zero attached hydrogens (tertiary/aromatic N) is 3. The number of furan rings is 1. The first kappa shape index (κ1) is 28.8. The van der Waals surface area contributed by atoms with Gasteiger partial charge in [0, 0.05) is 31.8 Å². The molecule has 0 saturated carbocycles. The average molecular weight is 694 g/mol. The Balaban J connectivity index is 1.22. The van der Waals surface area contributed by atoms with Crippen molar-refractivity contribution < 1.29 is 4.42 Å². The van der Waals surface area contributed by atoms with Crippen LogP contribution in [0.5, 0.6) is 0 Å². The first-order valence-corrected chi connectivity index (χ1v) is 18.6. The van der Waals surface area contributed by atoms with Crippen molar-refractivity contribution in [2.75, 3.05) is 0 Å². The van der Waals surface area contributed by atoms with Gasteiger partial charge in [0.1, 0.15) is 11.2 Å². The van der Waals surface area contributed by atoms with Gasteiger partial charge in [0.05, 0.1) is 32.3 Å². The lowest BCUT2D eigenvalue weighted by atomic mass is 9.99. The van der Waals surface area contributed by atoms with E-state index in [2.05, 4.69) is 168 Å². The van der Waals surface area contributed by atoms with Crippen molar-refractivity contribution in [3.05, 3.63) is 164 Å². The monoisotopic (exact) mass is 693 g/mol. The van der Waals surface area contributed by atoms with Crippen molar-refractivity contribution in [2.45, 2.75) is 0 Å². The van der Waals surface area contributed by atoms with E-state index in [0.717, 1.165) is 76.2 Å². The first-order valence-electron chi connectivity index (χ1n) is 17.8. The predicted octanol–water partition coefficient (Wildman–Crippen LogP) is 13.5. The fourth-order valence-corrected chi connectivity index (χ4v) is 9.50. The van der Waals surface area contributed by atoms with Crippen molar-refractivity contribution in [3.63, 3.8) is 0 Å². The Bertz CT molecular complexity index is 3460. The maximum absolute atomic E-state index is 6.89. The summed E-state index contributed by atoms with van der Waals surface area (Å²) in [7, 11) is 0. The highest BCUT2D eigenvalue weighted by molar-refractivity contribution is 7.26. The molecule has 246 valence electrons. The maximum atomic E-state index is 6.89. The lowest BCUT2D eigenvalue weighted by molar-refractivity contribution is 0.673. The van der Waals surface area contributed by atoms with Crippen LogP contribution in [0.3, 0.4) is 0 Å². The molecule has 4 nitrogen and oxygen atoms in total. The Labute approximate surface area is 306 Å². The molecule has 0 spiro atoms. The molecule has 5 heteroatoms. The molecule has 0 fully saturated rings. The zero-order valence-corrected chi connectivity index (χ0v) is 29.1. The lowest BCUT2D eigenvalue weighted by Gasteiger charge is -2.10. The third-order valence-corrected chi connectivity index (χ3v) is 12.0. The molecule has 53 heavy (non-hydrogen) atoms. The van der Waals surface area contributed by atoms with Crippen LogP contribution >= 0.6 is 11.3 Å². The number of hydrogen-bond acceptors (Lipinski definition) is 4. The van der Waals surface area contributed by atoms with E-state index < -0.39 is 0 Å². The highest BCUT2D eigenvalue weighted by Crippen LogP contribution is 2.44. The van der Waals surface area contributed by atoms with Crippen LogP contribution in [0, 0.1) is 0 Å². The highest BCUT2D eigenvalue weighted by atomic mass is 32.1. The van der Waals surface area contributed by atoms with Crippen LogP contribution in [-0.2, 0) is 0 Å². The first-order chi connectivity index (χ1) is 26.3. The van der Waals surface area contributed by atoms with Gasteiger partial charge in [0.15, 0.2) is 0 Å². The molecule has 0 aliphatic carbocycles. The van der Waals surface area contributed by atoms with E-state index in [9.17, 15) is 0 Å². The second-order valence-corrected chi connectivity index (χ2v) is 14.8. The Hall–Kier alpha value is -6.82. The van der Waals surface area contributed by atoms with Gasteiger partial charge in [-0.1, -0.05) is 121 Å². The lowest BCUT2D eigenvalue weighted by Crippen LogP contribution is -2.02. The summed E-state index contributed by atoms with van der Waals surface area (Å²) < 4.78 is 11.4. The Morgan fingerprint density at radius 2 is 1.19 bits per heavy atom. The van der Waals surface area contributed by atoms with Crippen LogP contribution in [0.4, 0.5) is 0 Å². The summed E-state index contributed by atoms with van der Waals surface area (Å²) in [6, 6.07) is 58.3. The summed E-state index contributed by atoms with van der Waals surface area (Å²) in [5.41, 5.74) is 9.07. The van der Waals surface area contributed by atoms with E-state index in [1.807, 2.05) is 0 Å². The number of fused-ring (bicyclic) bond motifs is 13. The molecule has 12 rings (SSSR count). The standard InChI is InChI=1S/C48H27N3OS/c1-2-12-30(13-3-1)44-47-45(35-16-8-9-17-41(35)53-47)50-48(49-44)51-38-23-20-33(32-19-18-28-10-4-5-14-31(28)26-32)27-37(38)43-39(51)24-22-36-42-34-15-7-6-11-29(34)21-25-40(42)52-46(36)43/h1-27H. The minimum atomic E-state index is 0.638. The van der Waals surface area contributed by atoms with Gasteiger partial charge in [-0.05, 0) is 75.1 Å². The fourth-order valence-electron chi connectivity index (χ4n) is 8.34. The molecule has 12 aromatic rings. The van der Waals surface area contributed by atoms with E-state index in [-0.39, 0.29) is 0 Å². The van der Waals surface area contributed by atoms with Crippen LogP contribution < -0.4 is 0 Å². The Morgan fingerprint density at radius 1 is 0.472 bits per heavy atom. The van der Waals surface area contributed by atoms with Crippen LogP contribution in [0.1, 0.15) is 0 Å². The zero-order valence-electron chi connectivity index (χ0n) is 28.2. The topological polar surface area (TPSA) is 43.9 Å². The van der Waals surface area contributed by atoms with Gasteiger partial charge >= 0.3 is 0 Å². The minimum absolute atomic E-state index is 0.638. The van der Waals surface area contributed by atoms with Gasteiger partial charge in [0.2, 0.25) is 5.95 Å². The summed E-state index contributed by atoms with van der Waals surface area (Å²) in [6.45, 7) is 0. The molecule has 0 aliphatic rings. The number of hydrogen-bond donors (Lipinski definition) is 0. The zero-order chi connectivity index (χ0) is 34.6. The van der Waals surface area contributed by atoms with E-state index in [1.54, 1.807) is 11.3 Å². The SMILES string of the molecule is c1ccc(-c2nc(-n3c4ccc(-c5ccc6ccccc6c5)cc4c4c5oc6ccc7ccccc7c6c5ccc43)nc3c2sc2ccccc23)cc1. The summed E-state index contributed by atoms with van der Waals surface area (Å²) in [5.74, 6) is 0.638. The van der Waals surface area contributed by atoms with Crippen molar-refractivity contribution in [3.8, 4) is 28.3 Å². The largest absolute Gasteiger partial charge is 0.455 e. The van der Waals surface area contributed by atoms with Gasteiger partial charge in [-0.15, -0.1) is 11.3 Å². The quantitative estimate of drug-likeness (QED) is 0.185. The summed E-state index contributed by atoms with van der Waals surface area (Å²) >= 11 is 1.75. The van der Waals surface area contributed by atoms with Gasteiger partial charge in [-0.25, -0.2) is 9.97 Å². The smallest absolute Gasteiger partial charge is 0.235 e. The number of benzene rings is 8. The van der Waals surface area contributed by atoms with Gasteiger partial charge < -0.3 is 4.42 Å². The molecule has 0 aliphatic heterocycles. The third-order valence-electron chi connectivity index (χ3n) is 10.8. The fraction of sp³-hybridized carbons (Fsp3) is 0. The minimum Gasteiger partial charge on any atom is -0.455 e. The molecule has 4 heterocycles. The molecular formula is C48H27N3OS. The summed E-state index contributed by atoms with van der Waals surface area (Å²) in [6.07, 6.45) is 0. The predicted molar refractivity (Wildman–Crippen MR) is 222 cm³/mol. The summed E-state index contributed by atoms with van der Waals surface area (Å²) in [4.78, 5) is 10.8.